The van der Waals surface area contributed by atoms with Crippen molar-refractivity contribution in [3.05, 3.63) is 70.5 Å². The summed E-state index contributed by atoms with van der Waals surface area (Å²) in [5.41, 5.74) is 2.06. The van der Waals surface area contributed by atoms with E-state index in [0.717, 1.165) is 0 Å². The third-order valence-electron chi connectivity index (χ3n) is 4.04. The summed E-state index contributed by atoms with van der Waals surface area (Å²) in [5.74, 6) is 0.0706. The third kappa shape index (κ3) is 5.05. The number of methoxy groups -OCH3 is 1. The van der Waals surface area contributed by atoms with Crippen molar-refractivity contribution < 1.29 is 17.9 Å². The molecule has 30 heavy (non-hydrogen) atoms. The molecule has 0 aliphatic rings. The molecule has 8 nitrogen and oxygen atoms in total. The van der Waals surface area contributed by atoms with Crippen LogP contribution < -0.4 is 14.8 Å². The Hall–Kier alpha value is -3.17. The summed E-state index contributed by atoms with van der Waals surface area (Å²) in [4.78, 5) is 20.6. The van der Waals surface area contributed by atoms with Crippen molar-refractivity contribution in [2.24, 2.45) is 0 Å². The van der Waals surface area contributed by atoms with E-state index in [1.165, 1.54) is 37.4 Å². The maximum atomic E-state index is 12.6. The van der Waals surface area contributed by atoms with Gasteiger partial charge in [0.1, 0.15) is 5.75 Å². The molecular formula is C20H19ClN4O4S. The minimum Gasteiger partial charge on any atom is -0.495 e. The number of ether oxygens (including phenoxy) is 1. The molecule has 0 bridgehead atoms. The molecule has 0 saturated heterocycles. The fourth-order valence-electron chi connectivity index (χ4n) is 2.68. The van der Waals surface area contributed by atoms with E-state index in [1.54, 1.807) is 32.0 Å². The van der Waals surface area contributed by atoms with Gasteiger partial charge < -0.3 is 10.1 Å². The third-order valence-corrected chi connectivity index (χ3v) is 5.68. The Kier molecular flexibility index (Phi) is 6.23. The highest BCUT2D eigenvalue weighted by molar-refractivity contribution is 7.92. The number of carbonyl (C=O) groups excluding carboxylic acids is 1. The van der Waals surface area contributed by atoms with Crippen molar-refractivity contribution in [2.45, 2.75) is 18.7 Å². The van der Waals surface area contributed by atoms with Gasteiger partial charge in [0.05, 0.1) is 17.0 Å². The Morgan fingerprint density at radius 2 is 1.63 bits per heavy atom. The molecule has 1 heterocycles. The van der Waals surface area contributed by atoms with Crippen LogP contribution in [-0.4, -0.2) is 31.4 Å². The van der Waals surface area contributed by atoms with Crippen molar-refractivity contribution in [1.82, 2.24) is 9.97 Å². The van der Waals surface area contributed by atoms with E-state index in [4.69, 9.17) is 16.3 Å². The number of hydrogen-bond acceptors (Lipinski definition) is 6. The second-order valence-electron chi connectivity index (χ2n) is 6.41. The van der Waals surface area contributed by atoms with Crippen molar-refractivity contribution in [2.75, 3.05) is 17.1 Å². The Morgan fingerprint density at radius 3 is 2.20 bits per heavy atom. The molecule has 0 aliphatic heterocycles. The first-order valence-electron chi connectivity index (χ1n) is 8.78. The average Bonchev–Trinajstić information content (AvgIpc) is 2.67. The number of anilines is 2. The lowest BCUT2D eigenvalue weighted by Crippen LogP contribution is -2.16. The maximum Gasteiger partial charge on any atom is 0.264 e. The zero-order valence-electron chi connectivity index (χ0n) is 16.4. The molecule has 1 amide bonds. The summed E-state index contributed by atoms with van der Waals surface area (Å²) in [5, 5.41) is 3.00. The zero-order valence-corrected chi connectivity index (χ0v) is 18.0. The van der Waals surface area contributed by atoms with E-state index in [9.17, 15) is 13.2 Å². The van der Waals surface area contributed by atoms with Crippen molar-refractivity contribution in [3.8, 4) is 5.75 Å². The van der Waals surface area contributed by atoms with Gasteiger partial charge in [-0.3, -0.25) is 4.79 Å². The predicted octanol–water partition coefficient (Wildman–Crippen LogP) is 3.81. The Morgan fingerprint density at radius 1 is 1.00 bits per heavy atom. The minimum absolute atomic E-state index is 0.00117. The van der Waals surface area contributed by atoms with E-state index in [2.05, 4.69) is 20.0 Å². The van der Waals surface area contributed by atoms with Gasteiger partial charge in [-0.1, -0.05) is 11.6 Å². The van der Waals surface area contributed by atoms with Crippen LogP contribution in [0.5, 0.6) is 5.75 Å². The number of aromatic nitrogens is 2. The van der Waals surface area contributed by atoms with Crippen molar-refractivity contribution in [3.63, 3.8) is 0 Å². The van der Waals surface area contributed by atoms with Crippen LogP contribution >= 0.6 is 11.6 Å². The second-order valence-corrected chi connectivity index (χ2v) is 8.50. The van der Waals surface area contributed by atoms with Crippen LogP contribution in [0, 0.1) is 13.8 Å². The van der Waals surface area contributed by atoms with E-state index in [0.29, 0.717) is 33.4 Å². The number of benzene rings is 2. The van der Waals surface area contributed by atoms with E-state index >= 15 is 0 Å². The maximum absolute atomic E-state index is 12.6. The van der Waals surface area contributed by atoms with Crippen LogP contribution in [0.2, 0.25) is 5.02 Å². The lowest BCUT2D eigenvalue weighted by molar-refractivity contribution is 0.102. The van der Waals surface area contributed by atoms with Crippen molar-refractivity contribution in [1.29, 1.82) is 0 Å². The smallest absolute Gasteiger partial charge is 0.264 e. The number of aryl methyl sites for hydroxylation is 2. The number of carbonyl (C=O) groups is 1. The van der Waals surface area contributed by atoms with Crippen LogP contribution in [0.4, 0.5) is 11.6 Å². The van der Waals surface area contributed by atoms with Crippen LogP contribution in [0.25, 0.3) is 0 Å². The Balaban J connectivity index is 1.73. The Labute approximate surface area is 179 Å². The fourth-order valence-corrected chi connectivity index (χ4v) is 3.88. The number of sulfonamides is 1. The monoisotopic (exact) mass is 446 g/mol. The molecule has 3 rings (SSSR count). The van der Waals surface area contributed by atoms with E-state index in [1.807, 2.05) is 0 Å². The highest BCUT2D eigenvalue weighted by atomic mass is 35.5. The molecule has 0 atom stereocenters. The first kappa shape index (κ1) is 21.5. The van der Waals surface area contributed by atoms with Crippen molar-refractivity contribution >= 4 is 39.2 Å². The highest BCUT2D eigenvalue weighted by Crippen LogP contribution is 2.25. The first-order chi connectivity index (χ1) is 14.2. The van der Waals surface area contributed by atoms with Gasteiger partial charge in [0.2, 0.25) is 5.95 Å². The molecule has 0 unspecified atom stereocenters. The van der Waals surface area contributed by atoms with E-state index in [-0.39, 0.29) is 10.8 Å². The van der Waals surface area contributed by atoms with Gasteiger partial charge in [-0.25, -0.2) is 23.1 Å². The largest absolute Gasteiger partial charge is 0.495 e. The molecule has 0 saturated carbocycles. The van der Waals surface area contributed by atoms with Gasteiger partial charge in [0.15, 0.2) is 0 Å². The molecule has 156 valence electrons. The van der Waals surface area contributed by atoms with Gasteiger partial charge in [-0.15, -0.1) is 0 Å². The molecule has 2 aromatic carbocycles. The number of amides is 1. The lowest BCUT2D eigenvalue weighted by atomic mass is 10.2. The normalized spacial score (nSPS) is 11.1. The van der Waals surface area contributed by atoms with Crippen LogP contribution in [0.15, 0.2) is 53.4 Å². The summed E-state index contributed by atoms with van der Waals surface area (Å²) in [7, 11) is -2.39. The van der Waals surface area contributed by atoms with E-state index < -0.39 is 15.9 Å². The van der Waals surface area contributed by atoms with Crippen LogP contribution in [0.1, 0.15) is 21.7 Å². The number of rotatable bonds is 6. The molecule has 3 aromatic rings. The number of hydrogen-bond donors (Lipinski definition) is 2. The molecule has 0 radical (unpaired) electrons. The summed E-state index contributed by atoms with van der Waals surface area (Å²) >= 11 is 6.04. The fraction of sp³-hybridized carbons (Fsp3) is 0.150. The van der Waals surface area contributed by atoms with Gasteiger partial charge in [-0.05, 0) is 62.4 Å². The lowest BCUT2D eigenvalue weighted by Gasteiger charge is -2.10. The Bertz CT molecular complexity index is 1180. The summed E-state index contributed by atoms with van der Waals surface area (Å²) in [6.07, 6.45) is 0. The van der Waals surface area contributed by atoms with Gasteiger partial charge in [0.25, 0.3) is 15.9 Å². The second kappa shape index (κ2) is 8.68. The molecule has 0 aliphatic carbocycles. The van der Waals surface area contributed by atoms with Crippen LogP contribution in [0.3, 0.4) is 0 Å². The van der Waals surface area contributed by atoms with Gasteiger partial charge in [-0.2, -0.15) is 0 Å². The summed E-state index contributed by atoms with van der Waals surface area (Å²) < 4.78 is 32.6. The molecule has 0 spiro atoms. The number of halogens is 1. The molecule has 10 heteroatoms. The van der Waals surface area contributed by atoms with Crippen LogP contribution in [-0.2, 0) is 10.0 Å². The summed E-state index contributed by atoms with van der Waals surface area (Å²) in [6.45, 7) is 3.50. The highest BCUT2D eigenvalue weighted by Gasteiger charge is 2.17. The van der Waals surface area contributed by atoms with Gasteiger partial charge in [0, 0.05) is 22.6 Å². The number of nitrogens with one attached hydrogen (secondary N) is 2. The zero-order chi connectivity index (χ0) is 21.9. The topological polar surface area (TPSA) is 110 Å². The minimum atomic E-state index is -3.88. The SMILES string of the molecule is COc1ccc(C(=O)Nc2ccc(S(=O)(=O)Nc3nc(C)cc(C)n3)cc2)cc1Cl. The molecule has 2 N–H and O–H groups in total. The quantitative estimate of drug-likeness (QED) is 0.595. The first-order valence-corrected chi connectivity index (χ1v) is 10.6. The number of nitrogens with zero attached hydrogens (tertiary/aromatic N) is 2. The molecule has 1 aromatic heterocycles. The molecular weight excluding hydrogens is 428 g/mol. The standard InChI is InChI=1S/C20H19ClN4O4S/c1-12-10-13(2)23-20(22-12)25-30(27,28)16-7-5-15(6-8-16)24-19(26)14-4-9-18(29-3)17(21)11-14/h4-11H,1-3H3,(H,24,26)(H,22,23,25). The van der Waals surface area contributed by atoms with Gasteiger partial charge >= 0.3 is 0 Å². The average molecular weight is 447 g/mol. The summed E-state index contributed by atoms with van der Waals surface area (Å²) in [6, 6.07) is 12.1. The predicted molar refractivity (Wildman–Crippen MR) is 115 cm³/mol. The molecule has 0 fully saturated rings.